The predicted octanol–water partition coefficient (Wildman–Crippen LogP) is 3.66. The third-order valence-electron chi connectivity index (χ3n) is 2.08. The highest BCUT2D eigenvalue weighted by atomic mass is 79.9. The fourth-order valence-electron chi connectivity index (χ4n) is 1.28. The molecule has 3 N–H and O–H groups in total. The van der Waals surface area contributed by atoms with Gasteiger partial charge in [-0.15, -0.1) is 11.3 Å². The number of halogens is 2. The number of benzene rings is 1. The van der Waals surface area contributed by atoms with Crippen molar-refractivity contribution in [2.45, 2.75) is 4.21 Å². The molecule has 2 aromatic rings. The number of rotatable bonds is 3. The second kappa shape index (κ2) is 5.20. The minimum Gasteiger partial charge on any atom is -0.398 e. The summed E-state index contributed by atoms with van der Waals surface area (Å²) in [5.41, 5.74) is 6.60. The zero-order valence-electron chi connectivity index (χ0n) is 8.85. The van der Waals surface area contributed by atoms with Crippen LogP contribution >= 0.6 is 43.2 Å². The molecule has 4 nitrogen and oxygen atoms in total. The zero-order valence-corrected chi connectivity index (χ0v) is 13.7. The first-order valence-corrected chi connectivity index (χ1v) is 8.66. The molecule has 0 spiro atoms. The van der Waals surface area contributed by atoms with Gasteiger partial charge >= 0.3 is 0 Å². The van der Waals surface area contributed by atoms with E-state index in [9.17, 15) is 8.42 Å². The topological polar surface area (TPSA) is 72.2 Å². The SMILES string of the molecule is Nc1cc(NS(=O)(=O)c2sccc2Br)ccc1Br. The number of nitrogens with two attached hydrogens (primary N) is 1. The lowest BCUT2D eigenvalue weighted by atomic mass is 10.3. The van der Waals surface area contributed by atoms with Crippen LogP contribution in [0, 0.1) is 0 Å². The van der Waals surface area contributed by atoms with Crippen LogP contribution < -0.4 is 10.5 Å². The molecule has 0 bridgehead atoms. The van der Waals surface area contributed by atoms with E-state index in [1.54, 1.807) is 29.6 Å². The maximum Gasteiger partial charge on any atom is 0.272 e. The Morgan fingerprint density at radius 2 is 1.89 bits per heavy atom. The van der Waals surface area contributed by atoms with Crippen molar-refractivity contribution in [1.82, 2.24) is 0 Å². The Bertz CT molecular complexity index is 683. The number of nitrogen functional groups attached to an aromatic ring is 1. The van der Waals surface area contributed by atoms with E-state index in [-0.39, 0.29) is 4.21 Å². The van der Waals surface area contributed by atoms with E-state index in [2.05, 4.69) is 36.6 Å². The standard InChI is InChI=1S/C10H8Br2N2O2S2/c11-7-2-1-6(5-9(7)13)14-18(15,16)10-8(12)3-4-17-10/h1-5,14H,13H2. The normalized spacial score (nSPS) is 11.4. The van der Waals surface area contributed by atoms with Crippen LogP contribution in [0.15, 0.2) is 42.8 Å². The second-order valence-corrected chi connectivity index (χ2v) is 7.90. The van der Waals surface area contributed by atoms with Crippen LogP contribution in [0.1, 0.15) is 0 Å². The van der Waals surface area contributed by atoms with Crippen molar-refractivity contribution in [3.05, 3.63) is 38.6 Å². The summed E-state index contributed by atoms with van der Waals surface area (Å²) < 4.78 is 28.2. The van der Waals surface area contributed by atoms with Gasteiger partial charge in [0.05, 0.1) is 5.69 Å². The average Bonchev–Trinajstić information content (AvgIpc) is 2.70. The van der Waals surface area contributed by atoms with Gasteiger partial charge in [-0.1, -0.05) is 0 Å². The maximum absolute atomic E-state index is 12.1. The molecule has 0 unspecified atom stereocenters. The van der Waals surface area contributed by atoms with Gasteiger partial charge < -0.3 is 5.73 Å². The Kier molecular flexibility index (Phi) is 4.00. The van der Waals surface area contributed by atoms with E-state index in [0.717, 1.165) is 15.8 Å². The Morgan fingerprint density at radius 3 is 2.44 bits per heavy atom. The molecule has 1 heterocycles. The molecule has 0 amide bonds. The molecule has 0 aliphatic rings. The van der Waals surface area contributed by atoms with Crippen molar-refractivity contribution >= 4 is 64.6 Å². The molecule has 0 saturated carbocycles. The molecule has 8 heteroatoms. The van der Waals surface area contributed by atoms with Crippen molar-refractivity contribution in [2.24, 2.45) is 0 Å². The number of sulfonamides is 1. The fraction of sp³-hybridized carbons (Fsp3) is 0. The van der Waals surface area contributed by atoms with Gasteiger partial charge in [0.15, 0.2) is 4.21 Å². The largest absolute Gasteiger partial charge is 0.398 e. The van der Waals surface area contributed by atoms with Crippen molar-refractivity contribution in [3.63, 3.8) is 0 Å². The van der Waals surface area contributed by atoms with Crippen LogP contribution in [0.5, 0.6) is 0 Å². The number of hydrogen-bond donors (Lipinski definition) is 2. The first-order valence-electron chi connectivity index (χ1n) is 4.71. The predicted molar refractivity (Wildman–Crippen MR) is 81.4 cm³/mol. The van der Waals surface area contributed by atoms with Crippen molar-refractivity contribution in [2.75, 3.05) is 10.5 Å². The Balaban J connectivity index is 2.34. The van der Waals surface area contributed by atoms with Crippen molar-refractivity contribution in [1.29, 1.82) is 0 Å². The van der Waals surface area contributed by atoms with Gasteiger partial charge in [0.2, 0.25) is 0 Å². The first kappa shape index (κ1) is 13.9. The molecule has 0 atom stereocenters. The summed E-state index contributed by atoms with van der Waals surface area (Å²) in [7, 11) is -3.58. The summed E-state index contributed by atoms with van der Waals surface area (Å²) in [5, 5.41) is 1.70. The van der Waals surface area contributed by atoms with Crippen LogP contribution in [0.4, 0.5) is 11.4 Å². The van der Waals surface area contributed by atoms with Gasteiger partial charge in [0, 0.05) is 14.6 Å². The van der Waals surface area contributed by atoms with Crippen LogP contribution in [-0.2, 0) is 10.0 Å². The van der Waals surface area contributed by atoms with E-state index >= 15 is 0 Å². The van der Waals surface area contributed by atoms with Crippen molar-refractivity contribution < 1.29 is 8.42 Å². The lowest BCUT2D eigenvalue weighted by molar-refractivity contribution is 0.603. The molecular weight excluding hydrogens is 404 g/mol. The minimum atomic E-state index is -3.58. The molecule has 0 aliphatic heterocycles. The van der Waals surface area contributed by atoms with Crippen molar-refractivity contribution in [3.8, 4) is 0 Å². The van der Waals surface area contributed by atoms with Gasteiger partial charge in [-0.05, 0) is 61.5 Å². The average molecular weight is 412 g/mol. The molecule has 0 radical (unpaired) electrons. The molecular formula is C10H8Br2N2O2S2. The summed E-state index contributed by atoms with van der Waals surface area (Å²) in [5.74, 6) is 0. The van der Waals surface area contributed by atoms with Crippen LogP contribution in [0.25, 0.3) is 0 Å². The van der Waals surface area contributed by atoms with E-state index in [0.29, 0.717) is 15.8 Å². The molecule has 1 aromatic heterocycles. The Labute approximate surface area is 126 Å². The molecule has 0 saturated heterocycles. The Morgan fingerprint density at radius 1 is 1.17 bits per heavy atom. The second-order valence-electron chi connectivity index (χ2n) is 3.40. The number of hydrogen-bond acceptors (Lipinski definition) is 4. The number of nitrogens with one attached hydrogen (secondary N) is 1. The monoisotopic (exact) mass is 410 g/mol. The maximum atomic E-state index is 12.1. The van der Waals surface area contributed by atoms with Gasteiger partial charge in [0.25, 0.3) is 10.0 Å². The summed E-state index contributed by atoms with van der Waals surface area (Å²) in [4.78, 5) is 0. The van der Waals surface area contributed by atoms with Gasteiger partial charge in [-0.2, -0.15) is 0 Å². The summed E-state index contributed by atoms with van der Waals surface area (Å²) >= 11 is 7.60. The van der Waals surface area contributed by atoms with Crippen LogP contribution in [0.2, 0.25) is 0 Å². The van der Waals surface area contributed by atoms with E-state index in [1.165, 1.54) is 0 Å². The highest BCUT2D eigenvalue weighted by Crippen LogP contribution is 2.30. The molecule has 0 aliphatic carbocycles. The highest BCUT2D eigenvalue weighted by molar-refractivity contribution is 9.11. The summed E-state index contributed by atoms with van der Waals surface area (Å²) in [6, 6.07) is 6.58. The first-order chi connectivity index (χ1) is 8.40. The molecule has 0 fully saturated rings. The van der Waals surface area contributed by atoms with E-state index in [1.807, 2.05) is 0 Å². The molecule has 96 valence electrons. The third kappa shape index (κ3) is 2.87. The third-order valence-corrected chi connectivity index (χ3v) is 6.85. The minimum absolute atomic E-state index is 0.240. The van der Waals surface area contributed by atoms with Crippen LogP contribution in [-0.4, -0.2) is 8.42 Å². The summed E-state index contributed by atoms with van der Waals surface area (Å²) in [6.45, 7) is 0. The van der Waals surface area contributed by atoms with Gasteiger partial charge in [0.1, 0.15) is 0 Å². The summed E-state index contributed by atoms with van der Waals surface area (Å²) in [6.07, 6.45) is 0. The smallest absolute Gasteiger partial charge is 0.272 e. The number of anilines is 2. The lowest BCUT2D eigenvalue weighted by Gasteiger charge is -2.08. The molecule has 18 heavy (non-hydrogen) atoms. The van der Waals surface area contributed by atoms with Crippen LogP contribution in [0.3, 0.4) is 0 Å². The number of thiophene rings is 1. The fourth-order valence-corrected chi connectivity index (χ4v) is 4.92. The zero-order chi connectivity index (χ0) is 13.3. The molecule has 1 aromatic carbocycles. The van der Waals surface area contributed by atoms with E-state index in [4.69, 9.17) is 5.73 Å². The van der Waals surface area contributed by atoms with E-state index < -0.39 is 10.0 Å². The quantitative estimate of drug-likeness (QED) is 0.757. The Hall–Kier alpha value is -0.570. The van der Waals surface area contributed by atoms with Gasteiger partial charge in [-0.25, -0.2) is 8.42 Å². The molecule has 2 rings (SSSR count). The highest BCUT2D eigenvalue weighted by Gasteiger charge is 2.19. The lowest BCUT2D eigenvalue weighted by Crippen LogP contribution is -2.12. The van der Waals surface area contributed by atoms with Gasteiger partial charge in [-0.3, -0.25) is 4.72 Å².